The zero-order valence-electron chi connectivity index (χ0n) is 7.30. The van der Waals surface area contributed by atoms with Gasteiger partial charge in [0, 0.05) is 11.7 Å². The molecule has 64 valence electrons. The second-order valence-corrected chi connectivity index (χ2v) is 3.51. The van der Waals surface area contributed by atoms with Crippen LogP contribution in [0.4, 0.5) is 5.69 Å². The van der Waals surface area contributed by atoms with Crippen molar-refractivity contribution in [2.75, 3.05) is 5.73 Å². The molecule has 0 spiro atoms. The molecule has 2 nitrogen and oxygen atoms in total. The van der Waals surface area contributed by atoms with Crippen LogP contribution in [0.2, 0.25) is 0 Å². The first-order valence-corrected chi connectivity index (χ1v) is 4.33. The molecule has 0 saturated carbocycles. The van der Waals surface area contributed by atoms with Gasteiger partial charge in [0.15, 0.2) is 0 Å². The highest BCUT2D eigenvalue weighted by Crippen LogP contribution is 2.34. The fourth-order valence-corrected chi connectivity index (χ4v) is 1.88. The first kappa shape index (κ1) is 7.62. The molecule has 1 atom stereocenters. The van der Waals surface area contributed by atoms with E-state index < -0.39 is 0 Å². The van der Waals surface area contributed by atoms with Gasteiger partial charge in [-0.2, -0.15) is 0 Å². The Kier molecular flexibility index (Phi) is 1.58. The number of fused-ring (bicyclic) bond motifs is 1. The van der Waals surface area contributed by atoms with Gasteiger partial charge < -0.3 is 11.5 Å². The molecule has 0 aliphatic heterocycles. The van der Waals surface area contributed by atoms with Crippen LogP contribution in [0.1, 0.15) is 29.2 Å². The van der Waals surface area contributed by atoms with E-state index in [1.807, 2.05) is 6.92 Å². The lowest BCUT2D eigenvalue weighted by Crippen LogP contribution is -2.05. The molecule has 0 amide bonds. The standard InChI is InChI=1S/C10H14N2/c1-6-2-3-7-8(10(6)12)4-5-9(7)11/h2-3,9H,4-5,11-12H2,1H3. The van der Waals surface area contributed by atoms with E-state index in [1.54, 1.807) is 0 Å². The van der Waals surface area contributed by atoms with E-state index in [2.05, 4.69) is 12.1 Å². The second-order valence-electron chi connectivity index (χ2n) is 3.51. The molecule has 0 fully saturated rings. The van der Waals surface area contributed by atoms with Gasteiger partial charge in [0.1, 0.15) is 0 Å². The average molecular weight is 162 g/mol. The van der Waals surface area contributed by atoms with Gasteiger partial charge in [0.2, 0.25) is 0 Å². The van der Waals surface area contributed by atoms with Crippen LogP contribution < -0.4 is 11.5 Å². The van der Waals surface area contributed by atoms with E-state index in [0.717, 1.165) is 18.5 Å². The molecule has 1 aliphatic carbocycles. The lowest BCUT2D eigenvalue weighted by molar-refractivity contribution is 0.713. The van der Waals surface area contributed by atoms with E-state index in [0.29, 0.717) is 0 Å². The first-order chi connectivity index (χ1) is 5.70. The Morgan fingerprint density at radius 1 is 1.42 bits per heavy atom. The Labute approximate surface area is 72.6 Å². The van der Waals surface area contributed by atoms with Crippen LogP contribution in [0.25, 0.3) is 0 Å². The molecule has 2 rings (SSSR count). The number of nitrogen functional groups attached to an aromatic ring is 1. The van der Waals surface area contributed by atoms with Crippen molar-refractivity contribution in [3.05, 3.63) is 28.8 Å². The predicted molar refractivity (Wildman–Crippen MR) is 50.8 cm³/mol. The third-order valence-electron chi connectivity index (χ3n) is 2.72. The van der Waals surface area contributed by atoms with E-state index in [4.69, 9.17) is 11.5 Å². The number of benzene rings is 1. The number of hydrogen-bond donors (Lipinski definition) is 2. The van der Waals surface area contributed by atoms with Crippen molar-refractivity contribution in [3.8, 4) is 0 Å². The Bertz CT molecular complexity index is 318. The Morgan fingerprint density at radius 3 is 2.92 bits per heavy atom. The molecule has 1 aliphatic rings. The van der Waals surface area contributed by atoms with Crippen LogP contribution in [-0.2, 0) is 6.42 Å². The molecule has 1 aromatic carbocycles. The van der Waals surface area contributed by atoms with Crippen molar-refractivity contribution in [2.24, 2.45) is 5.73 Å². The maximum absolute atomic E-state index is 5.94. The summed E-state index contributed by atoms with van der Waals surface area (Å²) in [7, 11) is 0. The van der Waals surface area contributed by atoms with Gasteiger partial charge in [0.25, 0.3) is 0 Å². The summed E-state index contributed by atoms with van der Waals surface area (Å²) in [5.41, 5.74) is 16.5. The van der Waals surface area contributed by atoms with Crippen LogP contribution >= 0.6 is 0 Å². The van der Waals surface area contributed by atoms with Crippen LogP contribution in [0.5, 0.6) is 0 Å². The average Bonchev–Trinajstić information content (AvgIpc) is 2.41. The third-order valence-corrected chi connectivity index (χ3v) is 2.72. The van der Waals surface area contributed by atoms with Gasteiger partial charge in [-0.3, -0.25) is 0 Å². The molecular formula is C10H14N2. The lowest BCUT2D eigenvalue weighted by Gasteiger charge is -2.08. The third kappa shape index (κ3) is 0.916. The molecule has 2 heteroatoms. The van der Waals surface area contributed by atoms with E-state index in [9.17, 15) is 0 Å². The van der Waals surface area contributed by atoms with Crippen molar-refractivity contribution in [2.45, 2.75) is 25.8 Å². The summed E-state index contributed by atoms with van der Waals surface area (Å²) >= 11 is 0. The minimum Gasteiger partial charge on any atom is -0.398 e. The zero-order valence-corrected chi connectivity index (χ0v) is 7.30. The maximum atomic E-state index is 5.94. The fraction of sp³-hybridized carbons (Fsp3) is 0.400. The number of nitrogens with two attached hydrogens (primary N) is 2. The molecule has 0 bridgehead atoms. The molecule has 0 saturated heterocycles. The summed E-state index contributed by atoms with van der Waals surface area (Å²) in [6.07, 6.45) is 2.09. The zero-order chi connectivity index (χ0) is 8.72. The summed E-state index contributed by atoms with van der Waals surface area (Å²) < 4.78 is 0. The maximum Gasteiger partial charge on any atom is 0.0379 e. The highest BCUT2D eigenvalue weighted by atomic mass is 14.7. The Hall–Kier alpha value is -1.02. The van der Waals surface area contributed by atoms with Crippen LogP contribution in [0, 0.1) is 6.92 Å². The van der Waals surface area contributed by atoms with Crippen LogP contribution in [0.15, 0.2) is 12.1 Å². The summed E-state index contributed by atoms with van der Waals surface area (Å²) in [6.45, 7) is 2.04. The number of hydrogen-bond acceptors (Lipinski definition) is 2. The normalized spacial score (nSPS) is 21.0. The molecule has 1 unspecified atom stereocenters. The SMILES string of the molecule is Cc1ccc2c(c1N)CCC2N. The smallest absolute Gasteiger partial charge is 0.0379 e. The van der Waals surface area contributed by atoms with Gasteiger partial charge in [-0.25, -0.2) is 0 Å². The van der Waals surface area contributed by atoms with Crippen molar-refractivity contribution in [1.29, 1.82) is 0 Å². The topological polar surface area (TPSA) is 52.0 Å². The Balaban J connectivity index is 2.60. The van der Waals surface area contributed by atoms with Gasteiger partial charge in [-0.05, 0) is 36.5 Å². The van der Waals surface area contributed by atoms with Gasteiger partial charge >= 0.3 is 0 Å². The van der Waals surface area contributed by atoms with Crippen LogP contribution in [-0.4, -0.2) is 0 Å². The van der Waals surface area contributed by atoms with E-state index in [1.165, 1.54) is 16.7 Å². The highest BCUT2D eigenvalue weighted by molar-refractivity contribution is 5.59. The molecule has 4 N–H and O–H groups in total. The summed E-state index contributed by atoms with van der Waals surface area (Å²) in [5.74, 6) is 0. The van der Waals surface area contributed by atoms with E-state index in [-0.39, 0.29) is 6.04 Å². The van der Waals surface area contributed by atoms with Crippen molar-refractivity contribution in [1.82, 2.24) is 0 Å². The van der Waals surface area contributed by atoms with Crippen molar-refractivity contribution >= 4 is 5.69 Å². The number of rotatable bonds is 0. The molecule has 0 radical (unpaired) electrons. The van der Waals surface area contributed by atoms with Crippen molar-refractivity contribution < 1.29 is 0 Å². The summed E-state index contributed by atoms with van der Waals surface area (Å²) in [4.78, 5) is 0. The highest BCUT2D eigenvalue weighted by Gasteiger charge is 2.21. The fourth-order valence-electron chi connectivity index (χ4n) is 1.88. The minimum atomic E-state index is 0.211. The number of anilines is 1. The number of aryl methyl sites for hydroxylation is 1. The minimum absolute atomic E-state index is 0.211. The monoisotopic (exact) mass is 162 g/mol. The van der Waals surface area contributed by atoms with Gasteiger partial charge in [-0.15, -0.1) is 0 Å². The molecule has 0 heterocycles. The quantitative estimate of drug-likeness (QED) is 0.568. The largest absolute Gasteiger partial charge is 0.398 e. The van der Waals surface area contributed by atoms with Crippen molar-refractivity contribution in [3.63, 3.8) is 0 Å². The van der Waals surface area contributed by atoms with E-state index >= 15 is 0 Å². The summed E-state index contributed by atoms with van der Waals surface area (Å²) in [6, 6.07) is 4.38. The lowest BCUT2D eigenvalue weighted by atomic mass is 10.0. The summed E-state index contributed by atoms with van der Waals surface area (Å²) in [5, 5.41) is 0. The molecular weight excluding hydrogens is 148 g/mol. The predicted octanol–water partition coefficient (Wildman–Crippen LogP) is 1.52. The molecule has 12 heavy (non-hydrogen) atoms. The van der Waals surface area contributed by atoms with Gasteiger partial charge in [-0.1, -0.05) is 12.1 Å². The van der Waals surface area contributed by atoms with Gasteiger partial charge in [0.05, 0.1) is 0 Å². The molecule has 1 aromatic rings. The first-order valence-electron chi connectivity index (χ1n) is 4.33. The molecule has 0 aromatic heterocycles. The second kappa shape index (κ2) is 2.49. The van der Waals surface area contributed by atoms with Crippen LogP contribution in [0.3, 0.4) is 0 Å². The Morgan fingerprint density at radius 2 is 2.17 bits per heavy atom.